The summed E-state index contributed by atoms with van der Waals surface area (Å²) in [6, 6.07) is 9.62. The average Bonchev–Trinajstić information content (AvgIpc) is 3.03. The molecule has 0 unspecified atom stereocenters. The number of carbonyl (C=O) groups excluding carboxylic acids is 2. The minimum Gasteiger partial charge on any atom is -0.507 e. The van der Waals surface area contributed by atoms with Gasteiger partial charge in [-0.25, -0.2) is 0 Å². The molecule has 1 N–H and O–H groups in total. The molecule has 7 heteroatoms. The van der Waals surface area contributed by atoms with E-state index in [9.17, 15) is 14.7 Å². The smallest absolute Gasteiger partial charge is 0.295 e. The third-order valence-corrected chi connectivity index (χ3v) is 4.97. The number of likely N-dealkylation sites (tertiary alicyclic amines) is 1. The molecule has 1 saturated heterocycles. The summed E-state index contributed by atoms with van der Waals surface area (Å²) in [6.07, 6.45) is 5.20. The normalized spacial score (nSPS) is 18.1. The number of Topliss-reactive ketones (excluding diaryl/α,β-unsaturated/α-hetero) is 1. The number of aliphatic hydroxyl groups is 1. The first-order chi connectivity index (χ1) is 14.6. The Balaban J connectivity index is 1.98. The van der Waals surface area contributed by atoms with Crippen LogP contribution in [0.5, 0.6) is 5.75 Å². The van der Waals surface area contributed by atoms with E-state index in [4.69, 9.17) is 9.47 Å². The number of aliphatic hydroxyl groups excluding tert-OH is 1. The van der Waals surface area contributed by atoms with Crippen LogP contribution >= 0.6 is 0 Å². The number of amides is 1. The maximum Gasteiger partial charge on any atom is 0.295 e. The van der Waals surface area contributed by atoms with Crippen molar-refractivity contribution in [1.82, 2.24) is 9.88 Å². The molecule has 1 aromatic heterocycles. The molecular formula is C23H26N2O5. The van der Waals surface area contributed by atoms with Crippen LogP contribution in [-0.4, -0.2) is 53.5 Å². The van der Waals surface area contributed by atoms with Crippen molar-refractivity contribution < 1.29 is 24.2 Å². The Hall–Kier alpha value is -3.19. The van der Waals surface area contributed by atoms with Crippen LogP contribution in [-0.2, 0) is 14.3 Å². The molecule has 1 aromatic carbocycles. The van der Waals surface area contributed by atoms with E-state index in [-0.39, 0.29) is 24.5 Å². The number of aromatic nitrogens is 1. The zero-order valence-corrected chi connectivity index (χ0v) is 17.2. The Labute approximate surface area is 175 Å². The number of methoxy groups -OCH3 is 1. The summed E-state index contributed by atoms with van der Waals surface area (Å²) in [5.41, 5.74) is 1.13. The maximum atomic E-state index is 12.8. The lowest BCUT2D eigenvalue weighted by Crippen LogP contribution is -2.32. The summed E-state index contributed by atoms with van der Waals surface area (Å²) in [6.45, 7) is 3.20. The molecule has 7 nitrogen and oxygen atoms in total. The van der Waals surface area contributed by atoms with Crippen LogP contribution in [0.2, 0.25) is 0 Å². The molecule has 30 heavy (non-hydrogen) atoms. The van der Waals surface area contributed by atoms with Gasteiger partial charge < -0.3 is 19.5 Å². The van der Waals surface area contributed by atoms with Gasteiger partial charge in [-0.15, -0.1) is 0 Å². The molecule has 1 aliphatic rings. The number of carbonyl (C=O) groups is 2. The van der Waals surface area contributed by atoms with E-state index in [0.29, 0.717) is 23.5 Å². The highest BCUT2D eigenvalue weighted by Crippen LogP contribution is 2.39. The van der Waals surface area contributed by atoms with Crippen LogP contribution in [0.3, 0.4) is 0 Å². The van der Waals surface area contributed by atoms with Crippen molar-refractivity contribution in [2.24, 2.45) is 0 Å². The largest absolute Gasteiger partial charge is 0.507 e. The molecule has 0 aliphatic carbocycles. The van der Waals surface area contributed by atoms with E-state index >= 15 is 0 Å². The number of ether oxygens (including phenoxy) is 2. The quantitative estimate of drug-likeness (QED) is 0.295. The predicted molar refractivity (Wildman–Crippen MR) is 112 cm³/mol. The van der Waals surface area contributed by atoms with Crippen LogP contribution in [0.4, 0.5) is 0 Å². The molecule has 2 heterocycles. The molecule has 0 bridgehead atoms. The number of hydrogen-bond donors (Lipinski definition) is 1. The number of benzene rings is 1. The lowest BCUT2D eigenvalue weighted by Gasteiger charge is -2.24. The van der Waals surface area contributed by atoms with Gasteiger partial charge in [0.2, 0.25) is 0 Å². The predicted octanol–water partition coefficient (Wildman–Crippen LogP) is 3.33. The van der Waals surface area contributed by atoms with Gasteiger partial charge in [-0.05, 0) is 42.3 Å². The second-order valence-corrected chi connectivity index (χ2v) is 7.00. The molecule has 1 amide bonds. The first-order valence-electron chi connectivity index (χ1n) is 9.99. The third-order valence-electron chi connectivity index (χ3n) is 4.97. The molecular weight excluding hydrogens is 384 g/mol. The number of ketones is 1. The van der Waals surface area contributed by atoms with E-state index in [0.717, 1.165) is 12.8 Å². The molecule has 158 valence electrons. The van der Waals surface area contributed by atoms with Crippen molar-refractivity contribution >= 4 is 17.4 Å². The highest BCUT2D eigenvalue weighted by molar-refractivity contribution is 6.46. The zero-order valence-electron chi connectivity index (χ0n) is 17.2. The van der Waals surface area contributed by atoms with Gasteiger partial charge in [-0.2, -0.15) is 0 Å². The van der Waals surface area contributed by atoms with Gasteiger partial charge in [0.05, 0.1) is 24.8 Å². The number of unbranched alkanes of at least 4 members (excludes halogenated alkanes) is 1. The number of pyridine rings is 1. The summed E-state index contributed by atoms with van der Waals surface area (Å²) in [7, 11) is 1.53. The number of hydrogen-bond acceptors (Lipinski definition) is 6. The SMILES string of the molecule is CCCCOc1ccc(/C(O)=C2\C(=O)C(=O)N(CCOC)[C@@H]2c2cccnc2)cc1. The third kappa shape index (κ3) is 4.52. The van der Waals surface area contributed by atoms with Crippen LogP contribution in [0.15, 0.2) is 54.4 Å². The monoisotopic (exact) mass is 410 g/mol. The second kappa shape index (κ2) is 10.0. The molecule has 2 aromatic rings. The van der Waals surface area contributed by atoms with E-state index in [1.54, 1.807) is 48.8 Å². The van der Waals surface area contributed by atoms with Gasteiger partial charge in [0, 0.05) is 31.6 Å². The van der Waals surface area contributed by atoms with Gasteiger partial charge in [0.1, 0.15) is 11.5 Å². The van der Waals surface area contributed by atoms with Crippen LogP contribution < -0.4 is 4.74 Å². The van der Waals surface area contributed by atoms with Gasteiger partial charge in [-0.1, -0.05) is 19.4 Å². The molecule has 0 spiro atoms. The Morgan fingerprint density at radius 2 is 1.93 bits per heavy atom. The Bertz CT molecular complexity index is 909. The number of nitrogens with zero attached hydrogens (tertiary/aromatic N) is 2. The average molecular weight is 410 g/mol. The minimum absolute atomic E-state index is 0.0451. The summed E-state index contributed by atoms with van der Waals surface area (Å²) in [5.74, 6) is -0.922. The van der Waals surface area contributed by atoms with E-state index in [1.165, 1.54) is 12.0 Å². The summed E-state index contributed by atoms with van der Waals surface area (Å²) in [4.78, 5) is 31.0. The van der Waals surface area contributed by atoms with Crippen LogP contribution in [0.25, 0.3) is 5.76 Å². The fourth-order valence-corrected chi connectivity index (χ4v) is 3.38. The molecule has 0 saturated carbocycles. The van der Waals surface area contributed by atoms with Crippen molar-refractivity contribution in [2.75, 3.05) is 26.9 Å². The highest BCUT2D eigenvalue weighted by Gasteiger charge is 2.45. The fourth-order valence-electron chi connectivity index (χ4n) is 3.38. The number of rotatable bonds is 9. The Morgan fingerprint density at radius 1 is 1.17 bits per heavy atom. The van der Waals surface area contributed by atoms with E-state index < -0.39 is 17.7 Å². The van der Waals surface area contributed by atoms with Crippen molar-refractivity contribution in [3.8, 4) is 5.75 Å². The van der Waals surface area contributed by atoms with Crippen molar-refractivity contribution in [2.45, 2.75) is 25.8 Å². The summed E-state index contributed by atoms with van der Waals surface area (Å²) >= 11 is 0. The van der Waals surface area contributed by atoms with Crippen molar-refractivity contribution in [3.05, 3.63) is 65.5 Å². The Morgan fingerprint density at radius 3 is 2.57 bits per heavy atom. The molecule has 1 fully saturated rings. The topological polar surface area (TPSA) is 89.0 Å². The maximum absolute atomic E-state index is 12.8. The highest BCUT2D eigenvalue weighted by atomic mass is 16.5. The van der Waals surface area contributed by atoms with Crippen molar-refractivity contribution in [3.63, 3.8) is 0 Å². The lowest BCUT2D eigenvalue weighted by atomic mass is 9.96. The molecule has 3 rings (SSSR count). The van der Waals surface area contributed by atoms with Gasteiger partial charge in [-0.3, -0.25) is 14.6 Å². The summed E-state index contributed by atoms with van der Waals surface area (Å²) < 4.78 is 10.7. The molecule has 1 aliphatic heterocycles. The standard InChI is InChI=1S/C23H26N2O5/c1-3-4-13-30-18-9-7-16(8-10-18)21(26)19-20(17-6-5-11-24-15-17)25(12-14-29-2)23(28)22(19)27/h5-11,15,20,26H,3-4,12-14H2,1-2H3/b21-19+/t20-/m1/s1. The van der Waals surface area contributed by atoms with Crippen LogP contribution in [0, 0.1) is 0 Å². The van der Waals surface area contributed by atoms with Crippen LogP contribution in [0.1, 0.15) is 36.9 Å². The first-order valence-corrected chi connectivity index (χ1v) is 9.99. The second-order valence-electron chi connectivity index (χ2n) is 7.00. The van der Waals surface area contributed by atoms with E-state index in [2.05, 4.69) is 11.9 Å². The molecule has 1 atom stereocenters. The van der Waals surface area contributed by atoms with Gasteiger partial charge in [0.15, 0.2) is 0 Å². The summed E-state index contributed by atoms with van der Waals surface area (Å²) in [5, 5.41) is 11.0. The molecule has 0 radical (unpaired) electrons. The first kappa shape index (κ1) is 21.5. The fraction of sp³-hybridized carbons (Fsp3) is 0.348. The van der Waals surface area contributed by atoms with Gasteiger partial charge in [0.25, 0.3) is 11.7 Å². The van der Waals surface area contributed by atoms with Gasteiger partial charge >= 0.3 is 0 Å². The minimum atomic E-state index is -0.727. The Kier molecular flexibility index (Phi) is 7.19. The van der Waals surface area contributed by atoms with Crippen molar-refractivity contribution in [1.29, 1.82) is 0 Å². The van der Waals surface area contributed by atoms with E-state index in [1.807, 2.05) is 0 Å². The zero-order chi connectivity index (χ0) is 21.5. The lowest BCUT2D eigenvalue weighted by molar-refractivity contribution is -0.140.